The van der Waals surface area contributed by atoms with Gasteiger partial charge in [-0.1, -0.05) is 0 Å². The van der Waals surface area contributed by atoms with Gasteiger partial charge in [-0.3, -0.25) is 4.79 Å². The number of methoxy groups -OCH3 is 3. The minimum Gasteiger partial charge on any atom is -0.493 e. The fraction of sp³-hybridized carbons (Fsp3) is 0.556. The van der Waals surface area contributed by atoms with E-state index in [9.17, 15) is 4.79 Å². The molecule has 1 aliphatic carbocycles. The molecule has 5 heteroatoms. The van der Waals surface area contributed by atoms with E-state index in [1.807, 2.05) is 12.1 Å². The number of hydrogen-bond donors (Lipinski definition) is 0. The second-order valence-corrected chi connectivity index (χ2v) is 5.80. The van der Waals surface area contributed by atoms with Crippen molar-refractivity contribution in [2.45, 2.75) is 32.1 Å². The number of carbonyl (C=O) groups is 1. The average molecular weight is 317 g/mol. The Morgan fingerprint density at radius 3 is 2.35 bits per heavy atom. The van der Waals surface area contributed by atoms with E-state index in [4.69, 9.17) is 19.5 Å². The van der Waals surface area contributed by atoms with Gasteiger partial charge in [-0.15, -0.1) is 0 Å². The molecule has 23 heavy (non-hydrogen) atoms. The summed E-state index contributed by atoms with van der Waals surface area (Å²) in [6, 6.07) is 6.05. The van der Waals surface area contributed by atoms with Crippen LogP contribution < -0.4 is 14.2 Å². The zero-order chi connectivity index (χ0) is 16.8. The van der Waals surface area contributed by atoms with Gasteiger partial charge in [-0.05, 0) is 49.3 Å². The minimum atomic E-state index is -0.407. The molecule has 0 N–H and O–H groups in total. The van der Waals surface area contributed by atoms with Crippen LogP contribution in [0.3, 0.4) is 0 Å². The van der Waals surface area contributed by atoms with Gasteiger partial charge in [0, 0.05) is 6.42 Å². The molecule has 1 fully saturated rings. The SMILES string of the molecule is COc1cc(CCCC2CCC(=O)C2C#N)cc(OC)c1OC. The number of nitriles is 1. The standard InChI is InChI=1S/C18H23NO4/c1-21-16-9-12(10-17(22-2)18(16)23-3)5-4-6-13-7-8-15(20)14(13)11-19/h9-10,13-14H,4-8H2,1-3H3. The van der Waals surface area contributed by atoms with Crippen molar-refractivity contribution >= 4 is 5.78 Å². The predicted octanol–water partition coefficient (Wildman–Crippen LogP) is 3.15. The summed E-state index contributed by atoms with van der Waals surface area (Å²) in [5.74, 6) is 1.78. The van der Waals surface area contributed by atoms with E-state index in [-0.39, 0.29) is 11.7 Å². The molecule has 5 nitrogen and oxygen atoms in total. The Labute approximate surface area is 137 Å². The predicted molar refractivity (Wildman–Crippen MR) is 85.9 cm³/mol. The van der Waals surface area contributed by atoms with Crippen LogP contribution in [0.4, 0.5) is 0 Å². The highest BCUT2D eigenvalue weighted by molar-refractivity contribution is 5.85. The molecule has 2 unspecified atom stereocenters. The van der Waals surface area contributed by atoms with Gasteiger partial charge in [0.2, 0.25) is 5.75 Å². The second-order valence-electron chi connectivity index (χ2n) is 5.80. The molecular formula is C18H23NO4. The van der Waals surface area contributed by atoms with E-state index in [2.05, 4.69) is 6.07 Å². The summed E-state index contributed by atoms with van der Waals surface area (Å²) in [7, 11) is 4.78. The van der Waals surface area contributed by atoms with Gasteiger partial charge in [-0.25, -0.2) is 0 Å². The number of hydrogen-bond acceptors (Lipinski definition) is 5. The van der Waals surface area contributed by atoms with Gasteiger partial charge in [0.1, 0.15) is 11.7 Å². The van der Waals surface area contributed by atoms with Crippen LogP contribution in [0.5, 0.6) is 17.2 Å². The molecule has 0 amide bonds. The van der Waals surface area contributed by atoms with Crippen molar-refractivity contribution < 1.29 is 19.0 Å². The first-order valence-electron chi connectivity index (χ1n) is 7.85. The van der Waals surface area contributed by atoms with Gasteiger partial charge in [0.05, 0.1) is 27.4 Å². The van der Waals surface area contributed by atoms with Gasteiger partial charge in [-0.2, -0.15) is 5.26 Å². The molecule has 0 bridgehead atoms. The zero-order valence-electron chi connectivity index (χ0n) is 13.9. The summed E-state index contributed by atoms with van der Waals surface area (Å²) in [6.07, 6.45) is 4.05. The normalized spacial score (nSPS) is 20.2. The third kappa shape index (κ3) is 3.76. The first kappa shape index (κ1) is 17.1. The Bertz CT molecular complexity index is 581. The summed E-state index contributed by atoms with van der Waals surface area (Å²) >= 11 is 0. The van der Waals surface area contributed by atoms with Crippen molar-refractivity contribution in [1.29, 1.82) is 5.26 Å². The minimum absolute atomic E-state index is 0.102. The van der Waals surface area contributed by atoms with Crippen LogP contribution in [0.15, 0.2) is 12.1 Å². The van der Waals surface area contributed by atoms with E-state index in [0.717, 1.165) is 31.2 Å². The van der Waals surface area contributed by atoms with Crippen LogP contribution in [0.1, 0.15) is 31.2 Å². The Kier molecular flexibility index (Phi) is 5.86. The smallest absolute Gasteiger partial charge is 0.203 e. The fourth-order valence-electron chi connectivity index (χ4n) is 3.25. The maximum absolute atomic E-state index is 11.6. The van der Waals surface area contributed by atoms with E-state index in [1.54, 1.807) is 21.3 Å². The van der Waals surface area contributed by atoms with Crippen LogP contribution in [0.2, 0.25) is 0 Å². The number of ketones is 1. The quantitative estimate of drug-likeness (QED) is 0.772. The first-order chi connectivity index (χ1) is 11.1. The summed E-state index contributed by atoms with van der Waals surface area (Å²) in [5, 5.41) is 9.10. The second kappa shape index (κ2) is 7.87. The van der Waals surface area contributed by atoms with Gasteiger partial charge >= 0.3 is 0 Å². The number of benzene rings is 1. The molecule has 0 aliphatic heterocycles. The summed E-state index contributed by atoms with van der Waals surface area (Å²) in [4.78, 5) is 11.6. The molecule has 1 aromatic carbocycles. The molecule has 1 aliphatic rings. The van der Waals surface area contributed by atoms with Crippen molar-refractivity contribution in [3.63, 3.8) is 0 Å². The van der Waals surface area contributed by atoms with Crippen LogP contribution in [-0.2, 0) is 11.2 Å². The van der Waals surface area contributed by atoms with Crippen molar-refractivity contribution in [2.24, 2.45) is 11.8 Å². The molecule has 124 valence electrons. The third-order valence-electron chi connectivity index (χ3n) is 4.48. The van der Waals surface area contributed by atoms with Crippen molar-refractivity contribution in [2.75, 3.05) is 21.3 Å². The first-order valence-corrected chi connectivity index (χ1v) is 7.85. The van der Waals surface area contributed by atoms with E-state index in [1.165, 1.54) is 0 Å². The maximum Gasteiger partial charge on any atom is 0.203 e. The van der Waals surface area contributed by atoms with Crippen molar-refractivity contribution in [3.05, 3.63) is 17.7 Å². The lowest BCUT2D eigenvalue weighted by Gasteiger charge is -2.15. The van der Waals surface area contributed by atoms with Crippen molar-refractivity contribution in [1.82, 2.24) is 0 Å². The highest BCUT2D eigenvalue weighted by Gasteiger charge is 2.33. The Hall–Kier alpha value is -2.22. The summed E-state index contributed by atoms with van der Waals surface area (Å²) in [5.41, 5.74) is 1.09. The fourth-order valence-corrected chi connectivity index (χ4v) is 3.25. The van der Waals surface area contributed by atoms with E-state index < -0.39 is 5.92 Å². The largest absolute Gasteiger partial charge is 0.493 e. The van der Waals surface area contributed by atoms with Gasteiger partial charge in [0.15, 0.2) is 11.5 Å². The maximum atomic E-state index is 11.6. The lowest BCUT2D eigenvalue weighted by atomic mass is 9.91. The van der Waals surface area contributed by atoms with E-state index in [0.29, 0.717) is 23.7 Å². The molecule has 0 spiro atoms. The van der Waals surface area contributed by atoms with Gasteiger partial charge < -0.3 is 14.2 Å². The van der Waals surface area contributed by atoms with Crippen LogP contribution in [0.25, 0.3) is 0 Å². The average Bonchev–Trinajstić information content (AvgIpc) is 2.93. The summed E-state index contributed by atoms with van der Waals surface area (Å²) < 4.78 is 16.0. The Morgan fingerprint density at radius 2 is 1.83 bits per heavy atom. The zero-order valence-corrected chi connectivity index (χ0v) is 13.9. The lowest BCUT2D eigenvalue weighted by molar-refractivity contribution is -0.119. The van der Waals surface area contributed by atoms with Crippen LogP contribution >= 0.6 is 0 Å². The van der Waals surface area contributed by atoms with Crippen molar-refractivity contribution in [3.8, 4) is 23.3 Å². The van der Waals surface area contributed by atoms with Gasteiger partial charge in [0.25, 0.3) is 0 Å². The van der Waals surface area contributed by atoms with E-state index >= 15 is 0 Å². The molecule has 1 saturated carbocycles. The molecule has 2 atom stereocenters. The lowest BCUT2D eigenvalue weighted by Crippen LogP contribution is -2.12. The van der Waals surface area contributed by atoms with Crippen LogP contribution in [-0.4, -0.2) is 27.1 Å². The summed E-state index contributed by atoms with van der Waals surface area (Å²) in [6.45, 7) is 0. The highest BCUT2D eigenvalue weighted by Crippen LogP contribution is 2.39. The molecule has 1 aromatic rings. The number of carbonyl (C=O) groups excluding carboxylic acids is 1. The number of Topliss-reactive ketones (excluding diaryl/α,β-unsaturated/α-hetero) is 1. The molecule has 0 saturated heterocycles. The van der Waals surface area contributed by atoms with Crippen LogP contribution in [0, 0.1) is 23.2 Å². The molecule has 0 aromatic heterocycles. The topological polar surface area (TPSA) is 68.6 Å². The number of ether oxygens (including phenoxy) is 3. The molecular weight excluding hydrogens is 294 g/mol. The Morgan fingerprint density at radius 1 is 1.17 bits per heavy atom. The molecule has 2 rings (SSSR count). The molecule has 0 heterocycles. The number of rotatable bonds is 7. The number of nitrogens with zero attached hydrogens (tertiary/aromatic N) is 1. The highest BCUT2D eigenvalue weighted by atomic mass is 16.5. The molecule has 0 radical (unpaired) electrons. The number of aryl methyl sites for hydroxylation is 1. The third-order valence-corrected chi connectivity index (χ3v) is 4.48. The Balaban J connectivity index is 2.01. The monoisotopic (exact) mass is 317 g/mol.